The van der Waals surface area contributed by atoms with Crippen LogP contribution in [0, 0.1) is 0 Å². The summed E-state index contributed by atoms with van der Waals surface area (Å²) in [5, 5.41) is 0.830. The zero-order valence-corrected chi connectivity index (χ0v) is 15.4. The van der Waals surface area contributed by atoms with E-state index in [4.69, 9.17) is 27.9 Å². The molecule has 0 aromatic heterocycles. The number of carbonyl (C=O) groups is 1. The Kier molecular flexibility index (Phi) is 6.11. The highest BCUT2D eigenvalue weighted by Crippen LogP contribution is 2.24. The molecular weight excluding hydrogens is 367 g/mol. The van der Waals surface area contributed by atoms with E-state index >= 15 is 0 Å². The summed E-state index contributed by atoms with van der Waals surface area (Å²) < 4.78 is 5.89. The van der Waals surface area contributed by atoms with Gasteiger partial charge < -0.3 is 4.74 Å². The number of para-hydroxylation sites is 1. The van der Waals surface area contributed by atoms with Gasteiger partial charge in [0.1, 0.15) is 12.4 Å². The van der Waals surface area contributed by atoms with Gasteiger partial charge in [-0.25, -0.2) is 0 Å². The minimum atomic E-state index is -0.190. The van der Waals surface area contributed by atoms with Gasteiger partial charge in [0.15, 0.2) is 5.78 Å². The van der Waals surface area contributed by atoms with Gasteiger partial charge in [-0.2, -0.15) is 0 Å². The molecule has 0 fully saturated rings. The first-order valence-corrected chi connectivity index (χ1v) is 8.82. The fourth-order valence-corrected chi connectivity index (χ4v) is 2.93. The molecule has 0 aliphatic rings. The maximum atomic E-state index is 12.4. The number of rotatable bonds is 6. The molecule has 0 N–H and O–H groups in total. The van der Waals surface area contributed by atoms with Gasteiger partial charge in [-0.1, -0.05) is 71.7 Å². The molecule has 0 heterocycles. The van der Waals surface area contributed by atoms with E-state index in [1.54, 1.807) is 24.3 Å². The number of ether oxygens (including phenoxy) is 1. The molecule has 0 radical (unpaired) electrons. The zero-order chi connectivity index (χ0) is 18.4. The normalized spacial score (nSPS) is 10.8. The molecule has 2 nitrogen and oxygen atoms in total. The van der Waals surface area contributed by atoms with Gasteiger partial charge in [0.05, 0.1) is 5.02 Å². The van der Waals surface area contributed by atoms with Crippen LogP contribution in [-0.2, 0) is 6.61 Å². The molecule has 0 unspecified atom stereocenters. The van der Waals surface area contributed by atoms with Gasteiger partial charge in [0.2, 0.25) is 0 Å². The van der Waals surface area contributed by atoms with Crippen LogP contribution in [0.25, 0.3) is 6.08 Å². The van der Waals surface area contributed by atoms with Crippen LogP contribution in [0.2, 0.25) is 10.0 Å². The van der Waals surface area contributed by atoms with E-state index in [1.165, 1.54) is 6.08 Å². The van der Waals surface area contributed by atoms with Crippen molar-refractivity contribution in [1.29, 1.82) is 0 Å². The molecule has 0 aliphatic carbocycles. The Labute approximate surface area is 162 Å². The van der Waals surface area contributed by atoms with Crippen molar-refractivity contribution < 1.29 is 9.53 Å². The Balaban J connectivity index is 1.75. The van der Waals surface area contributed by atoms with E-state index in [-0.39, 0.29) is 5.78 Å². The Morgan fingerprint density at radius 2 is 1.65 bits per heavy atom. The highest BCUT2D eigenvalue weighted by atomic mass is 35.5. The van der Waals surface area contributed by atoms with Crippen molar-refractivity contribution in [1.82, 2.24) is 0 Å². The van der Waals surface area contributed by atoms with E-state index in [0.717, 1.165) is 11.1 Å². The molecule has 0 saturated heterocycles. The molecule has 3 rings (SSSR count). The summed E-state index contributed by atoms with van der Waals surface area (Å²) in [5.41, 5.74) is 2.31. The fourth-order valence-electron chi connectivity index (χ4n) is 2.43. The lowest BCUT2D eigenvalue weighted by atomic mass is 10.1. The first-order valence-electron chi connectivity index (χ1n) is 8.07. The second kappa shape index (κ2) is 8.70. The second-order valence-corrected chi connectivity index (χ2v) is 6.48. The summed E-state index contributed by atoms with van der Waals surface area (Å²) in [6.07, 6.45) is 3.22. The van der Waals surface area contributed by atoms with Crippen molar-refractivity contribution in [3.8, 4) is 5.75 Å². The van der Waals surface area contributed by atoms with Gasteiger partial charge in [-0.15, -0.1) is 0 Å². The maximum Gasteiger partial charge on any atom is 0.187 e. The number of carbonyl (C=O) groups excluding carboxylic acids is 1. The summed E-state index contributed by atoms with van der Waals surface area (Å²) in [7, 11) is 0. The monoisotopic (exact) mass is 382 g/mol. The molecule has 3 aromatic carbocycles. The van der Waals surface area contributed by atoms with E-state index in [0.29, 0.717) is 28.0 Å². The number of hydrogen-bond donors (Lipinski definition) is 0. The molecule has 0 spiro atoms. The average Bonchev–Trinajstić information content (AvgIpc) is 2.66. The van der Waals surface area contributed by atoms with Crippen LogP contribution in [0.15, 0.2) is 78.9 Å². The van der Waals surface area contributed by atoms with Crippen LogP contribution in [0.5, 0.6) is 5.75 Å². The van der Waals surface area contributed by atoms with Crippen molar-refractivity contribution in [2.45, 2.75) is 6.61 Å². The first-order chi connectivity index (χ1) is 12.6. The molecule has 0 saturated carbocycles. The third-order valence-corrected chi connectivity index (χ3v) is 4.31. The minimum Gasteiger partial charge on any atom is -0.488 e. The van der Waals surface area contributed by atoms with Crippen molar-refractivity contribution in [2.75, 3.05) is 0 Å². The molecule has 0 bridgehead atoms. The van der Waals surface area contributed by atoms with Gasteiger partial charge in [0.25, 0.3) is 0 Å². The predicted molar refractivity (Wildman–Crippen MR) is 107 cm³/mol. The molecule has 0 atom stereocenters. The summed E-state index contributed by atoms with van der Waals surface area (Å²) >= 11 is 12.0. The third kappa shape index (κ3) is 4.75. The van der Waals surface area contributed by atoms with Crippen molar-refractivity contribution in [3.05, 3.63) is 106 Å². The lowest BCUT2D eigenvalue weighted by Crippen LogP contribution is -1.97. The van der Waals surface area contributed by atoms with Crippen molar-refractivity contribution >= 4 is 35.1 Å². The van der Waals surface area contributed by atoms with E-state index in [1.807, 2.05) is 54.6 Å². The summed E-state index contributed by atoms with van der Waals surface area (Å²) in [5.74, 6) is 0.520. The smallest absolute Gasteiger partial charge is 0.187 e. The molecule has 3 aromatic rings. The SMILES string of the molecule is O=C(/C=C/c1ccccc1OCc1ccccc1)c1ccc(Cl)cc1Cl. The Bertz CT molecular complexity index is 934. The van der Waals surface area contributed by atoms with Crippen LogP contribution in [0.1, 0.15) is 21.5 Å². The minimum absolute atomic E-state index is 0.190. The first kappa shape index (κ1) is 18.2. The Hall–Kier alpha value is -2.55. The second-order valence-electron chi connectivity index (χ2n) is 5.63. The molecule has 0 amide bonds. The largest absolute Gasteiger partial charge is 0.488 e. The van der Waals surface area contributed by atoms with Crippen LogP contribution >= 0.6 is 23.2 Å². The van der Waals surface area contributed by atoms with E-state index in [9.17, 15) is 4.79 Å². The third-order valence-electron chi connectivity index (χ3n) is 3.77. The lowest BCUT2D eigenvalue weighted by molar-refractivity contribution is 0.104. The van der Waals surface area contributed by atoms with Gasteiger partial charge in [-0.05, 0) is 42.0 Å². The molecular formula is C22H16Cl2O2. The standard InChI is InChI=1S/C22H16Cl2O2/c23-18-11-12-19(20(24)14-18)21(25)13-10-17-8-4-5-9-22(17)26-15-16-6-2-1-3-7-16/h1-14H,15H2/b13-10+. The quantitative estimate of drug-likeness (QED) is 0.360. The van der Waals surface area contributed by atoms with Gasteiger partial charge in [0, 0.05) is 16.1 Å². The zero-order valence-electron chi connectivity index (χ0n) is 13.9. The van der Waals surface area contributed by atoms with Gasteiger partial charge in [-0.3, -0.25) is 4.79 Å². The highest BCUT2D eigenvalue weighted by molar-refractivity contribution is 6.37. The maximum absolute atomic E-state index is 12.4. The lowest BCUT2D eigenvalue weighted by Gasteiger charge is -2.09. The van der Waals surface area contributed by atoms with E-state index in [2.05, 4.69) is 0 Å². The number of benzene rings is 3. The summed E-state index contributed by atoms with van der Waals surface area (Å²) in [6.45, 7) is 0.461. The number of allylic oxidation sites excluding steroid dienone is 1. The average molecular weight is 383 g/mol. The van der Waals surface area contributed by atoms with Crippen molar-refractivity contribution in [2.24, 2.45) is 0 Å². The molecule has 0 aliphatic heterocycles. The molecule has 130 valence electrons. The van der Waals surface area contributed by atoms with Crippen LogP contribution in [0.3, 0.4) is 0 Å². The Morgan fingerprint density at radius 3 is 2.42 bits per heavy atom. The number of halogens is 2. The fraction of sp³-hybridized carbons (Fsp3) is 0.0455. The summed E-state index contributed by atoms with van der Waals surface area (Å²) in [4.78, 5) is 12.4. The molecule has 26 heavy (non-hydrogen) atoms. The summed E-state index contributed by atoms with van der Waals surface area (Å²) in [6, 6.07) is 22.3. The van der Waals surface area contributed by atoms with Crippen LogP contribution in [0.4, 0.5) is 0 Å². The van der Waals surface area contributed by atoms with Crippen LogP contribution < -0.4 is 4.74 Å². The van der Waals surface area contributed by atoms with Gasteiger partial charge >= 0.3 is 0 Å². The predicted octanol–water partition coefficient (Wildman–Crippen LogP) is 6.47. The number of hydrogen-bond acceptors (Lipinski definition) is 2. The topological polar surface area (TPSA) is 26.3 Å². The highest BCUT2D eigenvalue weighted by Gasteiger charge is 2.08. The van der Waals surface area contributed by atoms with E-state index < -0.39 is 0 Å². The van der Waals surface area contributed by atoms with Crippen molar-refractivity contribution in [3.63, 3.8) is 0 Å². The Morgan fingerprint density at radius 1 is 0.923 bits per heavy atom. The molecule has 4 heteroatoms. The van der Waals surface area contributed by atoms with Crippen LogP contribution in [-0.4, -0.2) is 5.78 Å². The number of ketones is 1.